The number of carbonyl (C=O) groups is 1. The number of methoxy groups -OCH3 is 1. The summed E-state index contributed by atoms with van der Waals surface area (Å²) in [6.07, 6.45) is 1.46. The van der Waals surface area contributed by atoms with E-state index in [4.69, 9.17) is 10.00 Å². The number of nitriles is 1. The Labute approximate surface area is 209 Å². The summed E-state index contributed by atoms with van der Waals surface area (Å²) in [7, 11) is 1.38. The summed E-state index contributed by atoms with van der Waals surface area (Å²) in [4.78, 5) is 27.3. The van der Waals surface area contributed by atoms with Gasteiger partial charge in [-0.05, 0) is 43.3 Å². The van der Waals surface area contributed by atoms with Crippen molar-refractivity contribution >= 4 is 32.7 Å². The lowest BCUT2D eigenvalue weighted by Gasteiger charge is -2.13. The van der Waals surface area contributed by atoms with Crippen LogP contribution in [-0.4, -0.2) is 28.0 Å². The Kier molecular flexibility index (Phi) is 6.10. The number of nitrogens with zero attached hydrogens (tertiary/aromatic N) is 4. The molecule has 5 aromatic rings. The van der Waals surface area contributed by atoms with Crippen LogP contribution in [0.5, 0.6) is 5.75 Å². The van der Waals surface area contributed by atoms with E-state index in [-0.39, 0.29) is 11.3 Å². The zero-order valence-corrected chi connectivity index (χ0v) is 20.1. The number of para-hydroxylation sites is 1. The van der Waals surface area contributed by atoms with Gasteiger partial charge in [0.1, 0.15) is 10.3 Å². The van der Waals surface area contributed by atoms with Gasteiger partial charge in [-0.15, -0.1) is 0 Å². The molecular formula is C27H18FN5O2S. The molecule has 0 fully saturated rings. The van der Waals surface area contributed by atoms with Crippen LogP contribution >= 0.6 is 11.3 Å². The number of hydrogen-bond donors (Lipinski definition) is 1. The van der Waals surface area contributed by atoms with Crippen molar-refractivity contribution in [3.05, 3.63) is 89.5 Å². The van der Waals surface area contributed by atoms with Crippen molar-refractivity contribution in [1.29, 1.82) is 5.26 Å². The van der Waals surface area contributed by atoms with Crippen LogP contribution in [0.25, 0.3) is 32.7 Å². The van der Waals surface area contributed by atoms with Crippen LogP contribution in [0.4, 0.5) is 9.52 Å². The maximum absolute atomic E-state index is 14.4. The number of aryl methyl sites for hydroxylation is 1. The summed E-state index contributed by atoms with van der Waals surface area (Å²) < 4.78 is 19.6. The average molecular weight is 496 g/mol. The standard InChI is InChI=1S/C27H18FN5O2S/c1-15-12-19(18-4-3-5-21(28)24(18)35-2)20(14-30-15)25(34)33-27-32-23-11-10-22(31-26(23)36-27)17-8-6-16(13-29)7-9-17/h3-12,14H,1-2H3,(H,32,33,34). The second-order valence-corrected chi connectivity index (χ2v) is 8.85. The molecule has 0 saturated carbocycles. The normalized spacial score (nSPS) is 10.7. The number of halogens is 1. The Balaban J connectivity index is 1.47. The molecule has 0 atom stereocenters. The minimum absolute atomic E-state index is 0.0525. The molecule has 0 saturated heterocycles. The molecule has 9 heteroatoms. The van der Waals surface area contributed by atoms with Gasteiger partial charge >= 0.3 is 0 Å². The number of thiazole rings is 1. The van der Waals surface area contributed by atoms with Crippen molar-refractivity contribution in [2.75, 3.05) is 12.4 Å². The van der Waals surface area contributed by atoms with Gasteiger partial charge in [-0.2, -0.15) is 5.26 Å². The lowest BCUT2D eigenvalue weighted by Crippen LogP contribution is -2.14. The number of anilines is 1. The monoisotopic (exact) mass is 495 g/mol. The van der Waals surface area contributed by atoms with Crippen LogP contribution in [0.3, 0.4) is 0 Å². The molecular weight excluding hydrogens is 477 g/mol. The van der Waals surface area contributed by atoms with Crippen molar-refractivity contribution < 1.29 is 13.9 Å². The van der Waals surface area contributed by atoms with Crippen LogP contribution in [0.15, 0.2) is 66.9 Å². The second kappa shape index (κ2) is 9.52. The lowest BCUT2D eigenvalue weighted by atomic mass is 9.99. The first-order chi connectivity index (χ1) is 17.5. The first kappa shape index (κ1) is 23.1. The van der Waals surface area contributed by atoms with Gasteiger partial charge in [0.05, 0.1) is 30.0 Å². The highest BCUT2D eigenvalue weighted by Crippen LogP contribution is 2.35. The third kappa shape index (κ3) is 4.37. The summed E-state index contributed by atoms with van der Waals surface area (Å²) in [5.41, 5.74) is 4.70. The number of hydrogen-bond acceptors (Lipinski definition) is 7. The van der Waals surface area contributed by atoms with E-state index in [9.17, 15) is 9.18 Å². The van der Waals surface area contributed by atoms with E-state index >= 15 is 0 Å². The summed E-state index contributed by atoms with van der Waals surface area (Å²) in [5.74, 6) is -0.905. The summed E-state index contributed by atoms with van der Waals surface area (Å²) in [6, 6.07) is 19.2. The molecule has 0 bridgehead atoms. The molecule has 0 aliphatic heterocycles. The van der Waals surface area contributed by atoms with Gasteiger partial charge in [0.2, 0.25) is 0 Å². The zero-order chi connectivity index (χ0) is 25.2. The van der Waals surface area contributed by atoms with Gasteiger partial charge in [0.25, 0.3) is 5.91 Å². The van der Waals surface area contributed by atoms with Crippen molar-refractivity contribution in [3.63, 3.8) is 0 Å². The zero-order valence-electron chi connectivity index (χ0n) is 19.2. The third-order valence-electron chi connectivity index (χ3n) is 5.53. The van der Waals surface area contributed by atoms with E-state index in [1.807, 2.05) is 24.3 Å². The Morgan fingerprint density at radius 3 is 2.64 bits per heavy atom. The molecule has 0 aliphatic carbocycles. The number of ether oxygens (including phenoxy) is 1. The van der Waals surface area contributed by atoms with Gasteiger partial charge < -0.3 is 4.74 Å². The number of rotatable bonds is 5. The predicted octanol–water partition coefficient (Wildman–Crippen LogP) is 6.00. The smallest absolute Gasteiger partial charge is 0.259 e. The molecule has 2 aromatic carbocycles. The molecule has 0 aliphatic rings. The van der Waals surface area contributed by atoms with Gasteiger partial charge in [0.15, 0.2) is 16.7 Å². The lowest BCUT2D eigenvalue weighted by molar-refractivity contribution is 0.102. The number of pyridine rings is 2. The fourth-order valence-corrected chi connectivity index (χ4v) is 4.64. The van der Waals surface area contributed by atoms with Crippen molar-refractivity contribution in [3.8, 4) is 34.2 Å². The van der Waals surface area contributed by atoms with Gasteiger partial charge in [0, 0.05) is 28.6 Å². The van der Waals surface area contributed by atoms with Crippen LogP contribution in [-0.2, 0) is 0 Å². The quantitative estimate of drug-likeness (QED) is 0.321. The Hall–Kier alpha value is -4.68. The minimum atomic E-state index is -0.522. The molecule has 7 nitrogen and oxygen atoms in total. The highest BCUT2D eigenvalue weighted by molar-refractivity contribution is 7.22. The maximum atomic E-state index is 14.4. The fourth-order valence-electron chi connectivity index (χ4n) is 3.80. The van der Waals surface area contributed by atoms with E-state index in [0.717, 1.165) is 11.3 Å². The molecule has 5 rings (SSSR count). The molecule has 0 radical (unpaired) electrons. The average Bonchev–Trinajstić information content (AvgIpc) is 3.29. The van der Waals surface area contributed by atoms with Crippen molar-refractivity contribution in [1.82, 2.24) is 15.0 Å². The van der Waals surface area contributed by atoms with E-state index in [1.165, 1.54) is 30.7 Å². The number of aromatic nitrogens is 3. The molecule has 36 heavy (non-hydrogen) atoms. The molecule has 176 valence electrons. The SMILES string of the molecule is COc1c(F)cccc1-c1cc(C)ncc1C(=O)Nc1nc2ccc(-c3ccc(C#N)cc3)nc2s1. The van der Waals surface area contributed by atoms with Crippen LogP contribution in [0.2, 0.25) is 0 Å². The van der Waals surface area contributed by atoms with E-state index in [2.05, 4.69) is 26.3 Å². The fraction of sp³-hybridized carbons (Fsp3) is 0.0741. The number of benzene rings is 2. The Bertz CT molecular complexity index is 1660. The first-order valence-electron chi connectivity index (χ1n) is 10.9. The van der Waals surface area contributed by atoms with Crippen LogP contribution in [0, 0.1) is 24.1 Å². The van der Waals surface area contributed by atoms with Gasteiger partial charge in [-0.25, -0.2) is 14.4 Å². The van der Waals surface area contributed by atoms with E-state index in [0.29, 0.717) is 37.9 Å². The Morgan fingerprint density at radius 1 is 1.08 bits per heavy atom. The molecule has 3 heterocycles. The molecule has 0 unspecified atom stereocenters. The van der Waals surface area contributed by atoms with E-state index in [1.54, 1.807) is 37.3 Å². The largest absolute Gasteiger partial charge is 0.493 e. The highest BCUT2D eigenvalue weighted by atomic mass is 32.1. The topological polar surface area (TPSA) is 101 Å². The van der Waals surface area contributed by atoms with Crippen LogP contribution < -0.4 is 10.1 Å². The molecule has 1 amide bonds. The third-order valence-corrected chi connectivity index (χ3v) is 6.41. The summed E-state index contributed by atoms with van der Waals surface area (Å²) in [6.45, 7) is 1.79. The Morgan fingerprint density at radius 2 is 1.89 bits per heavy atom. The van der Waals surface area contributed by atoms with Gasteiger partial charge in [-0.1, -0.05) is 35.6 Å². The highest BCUT2D eigenvalue weighted by Gasteiger charge is 2.20. The number of carbonyl (C=O) groups excluding carboxylic acids is 1. The number of amides is 1. The van der Waals surface area contributed by atoms with E-state index < -0.39 is 11.7 Å². The number of nitrogens with one attached hydrogen (secondary N) is 1. The predicted molar refractivity (Wildman–Crippen MR) is 136 cm³/mol. The molecule has 1 N–H and O–H groups in total. The van der Waals surface area contributed by atoms with Crippen molar-refractivity contribution in [2.24, 2.45) is 0 Å². The maximum Gasteiger partial charge on any atom is 0.259 e. The molecule has 0 spiro atoms. The minimum Gasteiger partial charge on any atom is -0.493 e. The first-order valence-corrected chi connectivity index (χ1v) is 11.7. The van der Waals surface area contributed by atoms with Gasteiger partial charge in [-0.3, -0.25) is 15.1 Å². The summed E-state index contributed by atoms with van der Waals surface area (Å²) >= 11 is 1.24. The second-order valence-electron chi connectivity index (χ2n) is 7.87. The number of fused-ring (bicyclic) bond motifs is 1. The molecule has 3 aromatic heterocycles. The van der Waals surface area contributed by atoms with Crippen molar-refractivity contribution in [2.45, 2.75) is 6.92 Å². The van der Waals surface area contributed by atoms with Crippen LogP contribution in [0.1, 0.15) is 21.6 Å². The summed E-state index contributed by atoms with van der Waals surface area (Å²) in [5, 5.41) is 12.2.